The van der Waals surface area contributed by atoms with Crippen LogP contribution in [0.3, 0.4) is 0 Å². The van der Waals surface area contributed by atoms with E-state index in [1.54, 1.807) is 16.5 Å². The van der Waals surface area contributed by atoms with E-state index >= 15 is 4.39 Å². The van der Waals surface area contributed by atoms with Gasteiger partial charge in [0.2, 0.25) is 5.95 Å². The molecule has 7 nitrogen and oxygen atoms in total. The number of sulfone groups is 1. The molecule has 0 N–H and O–H groups in total. The minimum absolute atomic E-state index is 0.213. The highest BCUT2D eigenvalue weighted by molar-refractivity contribution is 7.90. The Hall–Kier alpha value is -2.33. The van der Waals surface area contributed by atoms with Gasteiger partial charge in [-0.3, -0.25) is 9.30 Å². The lowest BCUT2D eigenvalue weighted by atomic mass is 9.87. The summed E-state index contributed by atoms with van der Waals surface area (Å²) in [7, 11) is -3.30. The van der Waals surface area contributed by atoms with Gasteiger partial charge < -0.3 is 9.64 Å². The van der Waals surface area contributed by atoms with Gasteiger partial charge in [0, 0.05) is 36.1 Å². The van der Waals surface area contributed by atoms with Crippen molar-refractivity contribution in [2.45, 2.75) is 73.5 Å². The van der Waals surface area contributed by atoms with Gasteiger partial charge in [0.05, 0.1) is 24.2 Å². The van der Waals surface area contributed by atoms with Crippen molar-refractivity contribution < 1.29 is 17.5 Å². The molecule has 6 heterocycles. The molecule has 4 saturated heterocycles. The minimum atomic E-state index is -3.30. The van der Waals surface area contributed by atoms with Crippen LogP contribution in [0.2, 0.25) is 0 Å². The van der Waals surface area contributed by atoms with Crippen LogP contribution in [-0.2, 0) is 14.6 Å². The lowest BCUT2D eigenvalue weighted by Gasteiger charge is -2.49. The molecule has 4 fully saturated rings. The Labute approximate surface area is 223 Å². The van der Waals surface area contributed by atoms with E-state index in [2.05, 4.69) is 20.9 Å². The number of pyridine rings is 1. The van der Waals surface area contributed by atoms with E-state index in [1.165, 1.54) is 37.8 Å². The Balaban J connectivity index is 1.03. The van der Waals surface area contributed by atoms with Crippen molar-refractivity contribution >= 4 is 15.5 Å². The highest BCUT2D eigenvalue weighted by Crippen LogP contribution is 2.41. The first kappa shape index (κ1) is 24.7. The van der Waals surface area contributed by atoms with E-state index in [1.807, 2.05) is 12.3 Å². The summed E-state index contributed by atoms with van der Waals surface area (Å²) in [5.41, 5.74) is 2.53. The third-order valence-electron chi connectivity index (χ3n) is 9.46. The fourth-order valence-corrected chi connectivity index (χ4v) is 8.02. The highest BCUT2D eigenvalue weighted by atomic mass is 32.2. The van der Waals surface area contributed by atoms with E-state index in [0.717, 1.165) is 63.0 Å². The molecule has 38 heavy (non-hydrogen) atoms. The molecule has 202 valence electrons. The molecule has 0 aliphatic carbocycles. The summed E-state index contributed by atoms with van der Waals surface area (Å²) < 4.78 is 46.0. The number of benzene rings is 1. The van der Waals surface area contributed by atoms with Crippen LogP contribution in [0.5, 0.6) is 0 Å². The number of fused-ring (bicyclic) bond motifs is 3. The van der Waals surface area contributed by atoms with Gasteiger partial charge in [-0.15, -0.1) is 0 Å². The van der Waals surface area contributed by atoms with Crippen LogP contribution >= 0.6 is 0 Å². The topological polar surface area (TPSA) is 67.2 Å². The number of hydrogen-bond acceptors (Lipinski definition) is 6. The zero-order valence-corrected chi connectivity index (χ0v) is 22.6. The lowest BCUT2D eigenvalue weighted by molar-refractivity contribution is -0.100. The average Bonchev–Trinajstić information content (AvgIpc) is 3.33. The Morgan fingerprint density at radius 3 is 2.18 bits per heavy atom. The van der Waals surface area contributed by atoms with Crippen molar-refractivity contribution in [1.82, 2.24) is 19.2 Å². The van der Waals surface area contributed by atoms with Gasteiger partial charge in [-0.2, -0.15) is 4.39 Å². The number of imidazole rings is 1. The number of rotatable bonds is 5. The third kappa shape index (κ3) is 4.28. The van der Waals surface area contributed by atoms with Crippen molar-refractivity contribution in [3.63, 3.8) is 0 Å². The standard InChI is InChI=1S/C29H35FN4O3S/c1-38(35,36)26-7-2-20(3-8-26)28-29(30)33-16-21(4-9-27(33)31-28)19-10-12-32(13-11-19)24-14-22-5-6-23(15-24)34(22)25-17-37-18-25/h2-4,7-9,16,19,22-25H,5-6,10-15,17-18H2,1H3. The van der Waals surface area contributed by atoms with E-state index in [9.17, 15) is 8.42 Å². The second-order valence-corrected chi connectivity index (χ2v) is 13.7. The first-order valence-corrected chi connectivity index (χ1v) is 15.8. The summed E-state index contributed by atoms with van der Waals surface area (Å²) in [6.45, 7) is 4.04. The summed E-state index contributed by atoms with van der Waals surface area (Å²) in [6.07, 6.45) is 10.5. The molecule has 4 aliphatic rings. The van der Waals surface area contributed by atoms with Crippen molar-refractivity contribution in [2.24, 2.45) is 0 Å². The summed E-state index contributed by atoms with van der Waals surface area (Å²) in [5, 5.41) is 0. The molecule has 0 saturated carbocycles. The third-order valence-corrected chi connectivity index (χ3v) is 10.6. The molecule has 2 bridgehead atoms. The van der Waals surface area contributed by atoms with Crippen molar-refractivity contribution in [1.29, 1.82) is 0 Å². The average molecular weight is 539 g/mol. The van der Waals surface area contributed by atoms with Crippen molar-refractivity contribution in [3.8, 4) is 11.3 Å². The Morgan fingerprint density at radius 2 is 1.58 bits per heavy atom. The monoisotopic (exact) mass is 538 g/mol. The molecule has 1 aromatic carbocycles. The first-order valence-electron chi connectivity index (χ1n) is 13.9. The molecule has 7 rings (SSSR count). The summed E-state index contributed by atoms with van der Waals surface area (Å²) in [6, 6.07) is 13.1. The number of likely N-dealkylation sites (tertiary alicyclic amines) is 1. The second kappa shape index (κ2) is 9.40. The number of ether oxygens (including phenoxy) is 1. The predicted octanol–water partition coefficient (Wildman–Crippen LogP) is 4.12. The molecule has 0 spiro atoms. The number of nitrogens with zero attached hydrogens (tertiary/aromatic N) is 4. The number of halogens is 1. The zero-order chi connectivity index (χ0) is 26.0. The Bertz CT molecular complexity index is 1430. The van der Waals surface area contributed by atoms with Gasteiger partial charge in [0.15, 0.2) is 9.84 Å². The normalized spacial score (nSPS) is 27.7. The number of hydrogen-bond donors (Lipinski definition) is 0. The molecular formula is C29H35FN4O3S. The fraction of sp³-hybridized carbons (Fsp3) is 0.552. The van der Waals surface area contributed by atoms with Crippen LogP contribution in [0.1, 0.15) is 50.0 Å². The van der Waals surface area contributed by atoms with Gasteiger partial charge in [0.25, 0.3) is 0 Å². The Morgan fingerprint density at radius 1 is 0.895 bits per heavy atom. The van der Waals surface area contributed by atoms with Crippen LogP contribution in [0.15, 0.2) is 47.5 Å². The van der Waals surface area contributed by atoms with Gasteiger partial charge in [-0.05, 0) is 81.3 Å². The zero-order valence-electron chi connectivity index (χ0n) is 21.8. The number of piperidine rings is 2. The molecular weight excluding hydrogens is 503 g/mol. The molecule has 3 aromatic rings. The van der Waals surface area contributed by atoms with Gasteiger partial charge in [-0.1, -0.05) is 18.2 Å². The maximum Gasteiger partial charge on any atom is 0.226 e. The largest absolute Gasteiger partial charge is 0.378 e. The molecule has 9 heteroatoms. The fourth-order valence-electron chi connectivity index (χ4n) is 7.39. The molecule has 2 unspecified atom stereocenters. The molecule has 4 aliphatic heterocycles. The Kier molecular flexibility index (Phi) is 6.11. The van der Waals surface area contributed by atoms with Crippen LogP contribution < -0.4 is 0 Å². The molecule has 0 amide bonds. The highest BCUT2D eigenvalue weighted by Gasteiger charge is 2.47. The number of aromatic nitrogens is 2. The van der Waals surface area contributed by atoms with Crippen LogP contribution in [0.25, 0.3) is 16.9 Å². The van der Waals surface area contributed by atoms with Crippen LogP contribution in [-0.4, -0.2) is 84.3 Å². The van der Waals surface area contributed by atoms with Crippen LogP contribution in [0.4, 0.5) is 4.39 Å². The van der Waals surface area contributed by atoms with Gasteiger partial charge in [0.1, 0.15) is 11.3 Å². The lowest BCUT2D eigenvalue weighted by Crippen LogP contribution is -2.59. The maximum absolute atomic E-state index is 15.5. The SMILES string of the molecule is CS(=O)(=O)c1ccc(-c2nc3ccc(C4CCN(C5CC6CCC(C5)N6C5COC5)CC4)cn3c2F)cc1. The maximum atomic E-state index is 15.5. The van der Waals surface area contributed by atoms with Crippen LogP contribution in [0, 0.1) is 5.95 Å². The van der Waals surface area contributed by atoms with E-state index in [4.69, 9.17) is 4.74 Å². The summed E-state index contributed by atoms with van der Waals surface area (Å²) in [4.78, 5) is 10.2. The van der Waals surface area contributed by atoms with Gasteiger partial charge in [-0.25, -0.2) is 13.4 Å². The molecule has 2 atom stereocenters. The van der Waals surface area contributed by atoms with E-state index in [-0.39, 0.29) is 10.6 Å². The quantitative estimate of drug-likeness (QED) is 0.487. The molecule has 0 radical (unpaired) electrons. The summed E-state index contributed by atoms with van der Waals surface area (Å²) >= 11 is 0. The van der Waals surface area contributed by atoms with E-state index < -0.39 is 15.8 Å². The smallest absolute Gasteiger partial charge is 0.226 e. The second-order valence-electron chi connectivity index (χ2n) is 11.7. The van der Waals surface area contributed by atoms with Gasteiger partial charge >= 0.3 is 0 Å². The summed E-state index contributed by atoms with van der Waals surface area (Å²) in [5.74, 6) is 0.00405. The van der Waals surface area contributed by atoms with Crippen molar-refractivity contribution in [2.75, 3.05) is 32.6 Å². The first-order chi connectivity index (χ1) is 18.3. The molecule has 2 aromatic heterocycles. The predicted molar refractivity (Wildman–Crippen MR) is 144 cm³/mol. The van der Waals surface area contributed by atoms with Crippen molar-refractivity contribution in [3.05, 3.63) is 54.1 Å². The minimum Gasteiger partial charge on any atom is -0.378 e. The van der Waals surface area contributed by atoms with E-state index in [0.29, 0.717) is 29.2 Å².